The van der Waals surface area contributed by atoms with Crippen LogP contribution in [0, 0.1) is 11.3 Å². The van der Waals surface area contributed by atoms with Crippen LogP contribution < -0.4 is 5.32 Å². The summed E-state index contributed by atoms with van der Waals surface area (Å²) in [7, 11) is 0. The fourth-order valence-electron chi connectivity index (χ4n) is 1.11. The minimum Gasteiger partial charge on any atom is -0.325 e. The Labute approximate surface area is 114 Å². The van der Waals surface area contributed by atoms with Gasteiger partial charge in [-0.05, 0) is 18.2 Å². The molecule has 0 heterocycles. The standard InChI is InChI=1S/C11H10Cl2N2OS/c12-8-4-9(13)6-10(5-8)15-11(16)7-17-3-1-2-14/h4-6H,1,3,7H2,(H,15,16). The summed E-state index contributed by atoms with van der Waals surface area (Å²) in [4.78, 5) is 11.5. The van der Waals surface area contributed by atoms with Crippen molar-refractivity contribution in [3.05, 3.63) is 28.2 Å². The fourth-order valence-corrected chi connectivity index (χ4v) is 2.27. The molecule has 0 saturated heterocycles. The van der Waals surface area contributed by atoms with Gasteiger partial charge in [0.2, 0.25) is 5.91 Å². The normalized spacial score (nSPS) is 9.71. The fraction of sp³-hybridized carbons (Fsp3) is 0.273. The van der Waals surface area contributed by atoms with E-state index in [1.807, 2.05) is 6.07 Å². The topological polar surface area (TPSA) is 52.9 Å². The minimum atomic E-state index is -0.133. The van der Waals surface area contributed by atoms with E-state index in [9.17, 15) is 4.79 Å². The van der Waals surface area contributed by atoms with Crippen LogP contribution in [0.15, 0.2) is 18.2 Å². The van der Waals surface area contributed by atoms with Crippen LogP contribution in [-0.4, -0.2) is 17.4 Å². The number of nitrogens with zero attached hydrogens (tertiary/aromatic N) is 1. The van der Waals surface area contributed by atoms with Gasteiger partial charge in [0.15, 0.2) is 0 Å². The molecule has 0 aliphatic heterocycles. The maximum absolute atomic E-state index is 11.5. The first-order valence-corrected chi connectivity index (χ1v) is 6.73. The number of benzene rings is 1. The van der Waals surface area contributed by atoms with E-state index in [1.165, 1.54) is 11.8 Å². The molecule has 1 aromatic carbocycles. The Balaban J connectivity index is 2.43. The van der Waals surface area contributed by atoms with Gasteiger partial charge in [0.05, 0.1) is 11.8 Å². The minimum absolute atomic E-state index is 0.133. The highest BCUT2D eigenvalue weighted by atomic mass is 35.5. The average Bonchev–Trinajstić information content (AvgIpc) is 2.23. The van der Waals surface area contributed by atoms with E-state index in [-0.39, 0.29) is 5.91 Å². The van der Waals surface area contributed by atoms with Crippen molar-refractivity contribution >= 4 is 46.6 Å². The summed E-state index contributed by atoms with van der Waals surface area (Å²) in [6.45, 7) is 0. The van der Waals surface area contributed by atoms with Crippen LogP contribution in [0.1, 0.15) is 6.42 Å². The Morgan fingerprint density at radius 1 is 1.35 bits per heavy atom. The third-order valence-electron chi connectivity index (χ3n) is 1.74. The lowest BCUT2D eigenvalue weighted by Gasteiger charge is -2.05. The monoisotopic (exact) mass is 288 g/mol. The van der Waals surface area contributed by atoms with Crippen molar-refractivity contribution in [1.82, 2.24) is 0 Å². The first-order chi connectivity index (χ1) is 8.11. The molecule has 1 N–H and O–H groups in total. The number of thioether (sulfide) groups is 1. The number of halogens is 2. The highest BCUT2D eigenvalue weighted by Gasteiger charge is 2.04. The molecular weight excluding hydrogens is 279 g/mol. The van der Waals surface area contributed by atoms with Crippen molar-refractivity contribution in [2.24, 2.45) is 0 Å². The number of anilines is 1. The van der Waals surface area contributed by atoms with Crippen molar-refractivity contribution in [1.29, 1.82) is 5.26 Å². The first-order valence-electron chi connectivity index (χ1n) is 4.82. The number of carbonyl (C=O) groups excluding carboxylic acids is 1. The van der Waals surface area contributed by atoms with E-state index in [0.29, 0.717) is 33.7 Å². The van der Waals surface area contributed by atoms with Gasteiger partial charge in [-0.3, -0.25) is 4.79 Å². The first kappa shape index (κ1) is 14.2. The summed E-state index contributed by atoms with van der Waals surface area (Å²) in [5.74, 6) is 0.831. The zero-order chi connectivity index (χ0) is 12.7. The molecule has 0 bridgehead atoms. The maximum atomic E-state index is 11.5. The third kappa shape index (κ3) is 5.83. The summed E-state index contributed by atoms with van der Waals surface area (Å²) < 4.78 is 0. The van der Waals surface area contributed by atoms with Gasteiger partial charge in [-0.25, -0.2) is 0 Å². The molecule has 6 heteroatoms. The number of nitrogens with one attached hydrogen (secondary N) is 1. The van der Waals surface area contributed by atoms with Gasteiger partial charge in [-0.15, -0.1) is 0 Å². The molecule has 0 unspecified atom stereocenters. The van der Waals surface area contributed by atoms with Gasteiger partial charge in [0.25, 0.3) is 0 Å². The Morgan fingerprint density at radius 3 is 2.59 bits per heavy atom. The third-order valence-corrected chi connectivity index (χ3v) is 3.13. The highest BCUT2D eigenvalue weighted by molar-refractivity contribution is 7.99. The number of amides is 1. The van der Waals surface area contributed by atoms with Crippen LogP contribution in [0.4, 0.5) is 5.69 Å². The molecule has 1 rings (SSSR count). The van der Waals surface area contributed by atoms with Crippen LogP contribution in [-0.2, 0) is 4.79 Å². The Hall–Kier alpha value is -0.890. The molecular formula is C11H10Cl2N2OS. The van der Waals surface area contributed by atoms with Gasteiger partial charge in [0, 0.05) is 27.9 Å². The molecule has 0 saturated carbocycles. The molecule has 1 amide bonds. The Bertz CT molecular complexity index is 425. The molecule has 1 aromatic rings. The molecule has 0 aliphatic rings. The molecule has 0 spiro atoms. The predicted molar refractivity (Wildman–Crippen MR) is 72.6 cm³/mol. The second kappa shape index (κ2) is 7.44. The Morgan fingerprint density at radius 2 is 2.00 bits per heavy atom. The van der Waals surface area contributed by atoms with Crippen LogP contribution in [0.3, 0.4) is 0 Å². The van der Waals surface area contributed by atoms with Gasteiger partial charge < -0.3 is 5.32 Å². The molecule has 3 nitrogen and oxygen atoms in total. The van der Waals surface area contributed by atoms with E-state index >= 15 is 0 Å². The number of rotatable bonds is 5. The summed E-state index contributed by atoms with van der Waals surface area (Å²) >= 11 is 13.0. The Kier molecular flexibility index (Phi) is 6.20. The van der Waals surface area contributed by atoms with Crippen LogP contribution in [0.5, 0.6) is 0 Å². The number of carbonyl (C=O) groups is 1. The van der Waals surface area contributed by atoms with Gasteiger partial charge in [-0.2, -0.15) is 17.0 Å². The molecule has 0 aromatic heterocycles. The lowest BCUT2D eigenvalue weighted by atomic mass is 10.3. The number of nitriles is 1. The summed E-state index contributed by atoms with van der Waals surface area (Å²) in [6, 6.07) is 6.88. The smallest absolute Gasteiger partial charge is 0.234 e. The second-order valence-corrected chi connectivity index (χ2v) is 5.15. The lowest BCUT2D eigenvalue weighted by molar-refractivity contribution is -0.113. The molecule has 0 aliphatic carbocycles. The van der Waals surface area contributed by atoms with Crippen molar-refractivity contribution in [3.8, 4) is 6.07 Å². The van der Waals surface area contributed by atoms with E-state index in [4.69, 9.17) is 28.5 Å². The van der Waals surface area contributed by atoms with Crippen LogP contribution in [0.25, 0.3) is 0 Å². The second-order valence-electron chi connectivity index (χ2n) is 3.17. The molecule has 90 valence electrons. The quantitative estimate of drug-likeness (QED) is 0.843. The molecule has 0 radical (unpaired) electrons. The summed E-state index contributed by atoms with van der Waals surface area (Å²) in [5.41, 5.74) is 0.577. The van der Waals surface area contributed by atoms with Crippen LogP contribution >= 0.6 is 35.0 Å². The predicted octanol–water partition coefficient (Wildman–Crippen LogP) is 3.58. The van der Waals surface area contributed by atoms with E-state index < -0.39 is 0 Å². The van der Waals surface area contributed by atoms with E-state index in [2.05, 4.69) is 5.32 Å². The van der Waals surface area contributed by atoms with E-state index in [0.717, 1.165) is 0 Å². The zero-order valence-corrected chi connectivity index (χ0v) is 11.2. The van der Waals surface area contributed by atoms with Gasteiger partial charge in [0.1, 0.15) is 0 Å². The van der Waals surface area contributed by atoms with E-state index in [1.54, 1.807) is 18.2 Å². The summed E-state index contributed by atoms with van der Waals surface area (Å²) in [6.07, 6.45) is 0.445. The van der Waals surface area contributed by atoms with Crippen molar-refractivity contribution in [2.45, 2.75) is 6.42 Å². The molecule has 17 heavy (non-hydrogen) atoms. The molecule has 0 fully saturated rings. The van der Waals surface area contributed by atoms with Gasteiger partial charge in [-0.1, -0.05) is 23.2 Å². The van der Waals surface area contributed by atoms with Gasteiger partial charge >= 0.3 is 0 Å². The summed E-state index contributed by atoms with van der Waals surface area (Å²) in [5, 5.41) is 12.0. The van der Waals surface area contributed by atoms with Crippen LogP contribution in [0.2, 0.25) is 10.0 Å². The average molecular weight is 289 g/mol. The number of hydrogen-bond donors (Lipinski definition) is 1. The number of hydrogen-bond acceptors (Lipinski definition) is 3. The SMILES string of the molecule is N#CCCSCC(=O)Nc1cc(Cl)cc(Cl)c1. The lowest BCUT2D eigenvalue weighted by Crippen LogP contribution is -2.14. The largest absolute Gasteiger partial charge is 0.325 e. The van der Waals surface area contributed by atoms with Crippen molar-refractivity contribution in [2.75, 3.05) is 16.8 Å². The molecule has 0 atom stereocenters. The highest BCUT2D eigenvalue weighted by Crippen LogP contribution is 2.22. The van der Waals surface area contributed by atoms with Crippen molar-refractivity contribution < 1.29 is 4.79 Å². The maximum Gasteiger partial charge on any atom is 0.234 e. The zero-order valence-electron chi connectivity index (χ0n) is 8.87. The van der Waals surface area contributed by atoms with Crippen molar-refractivity contribution in [3.63, 3.8) is 0 Å².